The number of carbonyl (C=O) groups is 1. The van der Waals surface area contributed by atoms with E-state index >= 15 is 0 Å². The highest BCUT2D eigenvalue weighted by Crippen LogP contribution is 2.17. The van der Waals surface area contributed by atoms with Crippen molar-refractivity contribution in [3.8, 4) is 5.75 Å². The number of methoxy groups -OCH3 is 1. The number of ether oxygens (including phenoxy) is 2. The van der Waals surface area contributed by atoms with Gasteiger partial charge in [-0.25, -0.2) is 4.99 Å². The zero-order valence-corrected chi connectivity index (χ0v) is 18.5. The molecule has 8 heteroatoms. The highest BCUT2D eigenvalue weighted by Gasteiger charge is 2.30. The summed E-state index contributed by atoms with van der Waals surface area (Å²) in [5.41, 5.74) is 1.24. The van der Waals surface area contributed by atoms with Crippen molar-refractivity contribution < 1.29 is 14.3 Å². The number of benzene rings is 1. The zero-order valence-electron chi connectivity index (χ0n) is 18.5. The molecule has 1 N–H and O–H groups in total. The summed E-state index contributed by atoms with van der Waals surface area (Å²) in [5, 5.41) is 3.49. The third-order valence-electron chi connectivity index (χ3n) is 5.74. The SMILES string of the molecule is COc1ccc(CCNC(=NCC(=O)N(C)C)N2CCC(N3CCOCC3)C2)cc1. The average molecular weight is 418 g/mol. The first-order chi connectivity index (χ1) is 14.6. The van der Waals surface area contributed by atoms with Gasteiger partial charge in [0, 0.05) is 52.9 Å². The molecule has 1 amide bonds. The van der Waals surface area contributed by atoms with Gasteiger partial charge in [0.05, 0.1) is 20.3 Å². The lowest BCUT2D eigenvalue weighted by atomic mass is 10.1. The average Bonchev–Trinajstić information content (AvgIpc) is 3.27. The molecule has 2 fully saturated rings. The van der Waals surface area contributed by atoms with E-state index < -0.39 is 0 Å². The Balaban J connectivity index is 1.58. The normalized spacial score (nSPS) is 20.3. The van der Waals surface area contributed by atoms with E-state index in [0.29, 0.717) is 6.04 Å². The van der Waals surface area contributed by atoms with Gasteiger partial charge >= 0.3 is 0 Å². The summed E-state index contributed by atoms with van der Waals surface area (Å²) in [7, 11) is 5.20. The number of nitrogens with one attached hydrogen (secondary N) is 1. The van der Waals surface area contributed by atoms with Crippen LogP contribution < -0.4 is 10.1 Å². The third-order valence-corrected chi connectivity index (χ3v) is 5.74. The monoisotopic (exact) mass is 417 g/mol. The van der Waals surface area contributed by atoms with E-state index in [1.807, 2.05) is 12.1 Å². The summed E-state index contributed by atoms with van der Waals surface area (Å²) >= 11 is 0. The van der Waals surface area contributed by atoms with Crippen LogP contribution in [0.3, 0.4) is 0 Å². The Bertz CT molecular complexity index is 701. The Kier molecular flexibility index (Phi) is 8.33. The summed E-state index contributed by atoms with van der Waals surface area (Å²) in [6.07, 6.45) is 1.99. The number of hydrogen-bond acceptors (Lipinski definition) is 5. The summed E-state index contributed by atoms with van der Waals surface area (Å²) < 4.78 is 10.7. The number of carbonyl (C=O) groups excluding carboxylic acids is 1. The van der Waals surface area contributed by atoms with Gasteiger partial charge < -0.3 is 24.6 Å². The Morgan fingerprint density at radius 3 is 2.63 bits per heavy atom. The number of morpholine rings is 1. The first-order valence-corrected chi connectivity index (χ1v) is 10.7. The molecule has 1 unspecified atom stereocenters. The molecule has 2 aliphatic rings. The minimum atomic E-state index is 0.00776. The van der Waals surface area contributed by atoms with Crippen molar-refractivity contribution in [2.75, 3.05) is 73.7 Å². The molecule has 0 radical (unpaired) electrons. The first kappa shape index (κ1) is 22.4. The Morgan fingerprint density at radius 1 is 1.23 bits per heavy atom. The fraction of sp³-hybridized carbons (Fsp3) is 0.636. The highest BCUT2D eigenvalue weighted by molar-refractivity contribution is 5.85. The lowest BCUT2D eigenvalue weighted by molar-refractivity contribution is -0.127. The topological polar surface area (TPSA) is 69.6 Å². The third kappa shape index (κ3) is 6.34. The van der Waals surface area contributed by atoms with Crippen molar-refractivity contribution in [2.45, 2.75) is 18.9 Å². The van der Waals surface area contributed by atoms with Crippen LogP contribution in [0.5, 0.6) is 5.75 Å². The van der Waals surface area contributed by atoms with Crippen molar-refractivity contribution in [3.63, 3.8) is 0 Å². The molecule has 1 atom stereocenters. The van der Waals surface area contributed by atoms with Crippen molar-refractivity contribution in [1.82, 2.24) is 20.0 Å². The van der Waals surface area contributed by atoms with Crippen LogP contribution in [-0.4, -0.2) is 106 Å². The van der Waals surface area contributed by atoms with E-state index in [9.17, 15) is 4.79 Å². The number of likely N-dealkylation sites (N-methyl/N-ethyl adjacent to an activating group) is 1. The number of rotatable bonds is 7. The molecule has 2 saturated heterocycles. The van der Waals surface area contributed by atoms with Gasteiger partial charge in [-0.2, -0.15) is 0 Å². The number of amides is 1. The van der Waals surface area contributed by atoms with E-state index in [1.165, 1.54) is 5.56 Å². The van der Waals surface area contributed by atoms with E-state index in [4.69, 9.17) is 9.47 Å². The first-order valence-electron chi connectivity index (χ1n) is 10.7. The molecule has 0 saturated carbocycles. The van der Waals surface area contributed by atoms with Gasteiger partial charge in [-0.15, -0.1) is 0 Å². The zero-order chi connectivity index (χ0) is 21.3. The van der Waals surface area contributed by atoms with Gasteiger partial charge in [0.25, 0.3) is 0 Å². The smallest absolute Gasteiger partial charge is 0.243 e. The summed E-state index contributed by atoms with van der Waals surface area (Å²) in [5.74, 6) is 1.70. The van der Waals surface area contributed by atoms with E-state index in [1.54, 1.807) is 26.1 Å². The van der Waals surface area contributed by atoms with E-state index in [-0.39, 0.29) is 12.5 Å². The molecule has 30 heavy (non-hydrogen) atoms. The molecular weight excluding hydrogens is 382 g/mol. The second-order valence-electron chi connectivity index (χ2n) is 7.99. The maximum atomic E-state index is 12.1. The maximum absolute atomic E-state index is 12.1. The molecule has 0 aliphatic carbocycles. The number of hydrogen-bond donors (Lipinski definition) is 1. The molecule has 0 aromatic heterocycles. The van der Waals surface area contributed by atoms with Crippen LogP contribution in [0.15, 0.2) is 29.3 Å². The minimum Gasteiger partial charge on any atom is -0.497 e. The van der Waals surface area contributed by atoms with Crippen LogP contribution in [0.1, 0.15) is 12.0 Å². The van der Waals surface area contributed by atoms with Crippen molar-refractivity contribution in [3.05, 3.63) is 29.8 Å². The molecular formula is C22H35N5O3. The van der Waals surface area contributed by atoms with Gasteiger partial charge in [-0.05, 0) is 30.5 Å². The maximum Gasteiger partial charge on any atom is 0.243 e. The van der Waals surface area contributed by atoms with Crippen LogP contribution in [0.4, 0.5) is 0 Å². The molecule has 166 valence electrons. The van der Waals surface area contributed by atoms with Gasteiger partial charge in [0.15, 0.2) is 5.96 Å². The standard InChI is InChI=1S/C22H35N5O3/c1-25(2)21(28)16-24-22(23-10-8-18-4-6-20(29-3)7-5-18)27-11-9-19(17-27)26-12-14-30-15-13-26/h4-7,19H,8-17H2,1-3H3,(H,23,24). The van der Waals surface area contributed by atoms with E-state index in [0.717, 1.165) is 70.5 Å². The fourth-order valence-corrected chi connectivity index (χ4v) is 3.84. The second kappa shape index (κ2) is 11.2. The molecule has 2 aliphatic heterocycles. The second-order valence-corrected chi connectivity index (χ2v) is 7.99. The summed E-state index contributed by atoms with van der Waals surface area (Å²) in [4.78, 5) is 23.1. The van der Waals surface area contributed by atoms with Crippen molar-refractivity contribution >= 4 is 11.9 Å². The molecule has 0 spiro atoms. The van der Waals surface area contributed by atoms with Gasteiger partial charge in [-0.1, -0.05) is 12.1 Å². The summed E-state index contributed by atoms with van der Waals surface area (Å²) in [6.45, 7) is 6.43. The Hall–Kier alpha value is -2.32. The minimum absolute atomic E-state index is 0.00776. The highest BCUT2D eigenvalue weighted by atomic mass is 16.5. The van der Waals surface area contributed by atoms with E-state index in [2.05, 4.69) is 32.2 Å². The molecule has 1 aromatic carbocycles. The Morgan fingerprint density at radius 2 is 1.97 bits per heavy atom. The van der Waals surface area contributed by atoms with Crippen molar-refractivity contribution in [2.24, 2.45) is 4.99 Å². The summed E-state index contributed by atoms with van der Waals surface area (Å²) in [6, 6.07) is 8.64. The largest absolute Gasteiger partial charge is 0.497 e. The van der Waals surface area contributed by atoms with Crippen LogP contribution >= 0.6 is 0 Å². The number of guanidine groups is 1. The van der Waals surface area contributed by atoms with Gasteiger partial charge in [0.2, 0.25) is 5.91 Å². The Labute approximate surface area is 179 Å². The molecule has 1 aromatic rings. The predicted molar refractivity (Wildman–Crippen MR) is 118 cm³/mol. The quantitative estimate of drug-likeness (QED) is 0.520. The number of nitrogens with zero attached hydrogens (tertiary/aromatic N) is 4. The van der Waals surface area contributed by atoms with Crippen LogP contribution in [-0.2, 0) is 16.0 Å². The predicted octanol–water partition coefficient (Wildman–Crippen LogP) is 0.678. The van der Waals surface area contributed by atoms with Crippen LogP contribution in [0.2, 0.25) is 0 Å². The molecule has 0 bridgehead atoms. The van der Waals surface area contributed by atoms with Crippen LogP contribution in [0.25, 0.3) is 0 Å². The van der Waals surface area contributed by atoms with Gasteiger partial charge in [-0.3, -0.25) is 9.69 Å². The molecule has 8 nitrogen and oxygen atoms in total. The lowest BCUT2D eigenvalue weighted by Crippen LogP contribution is -2.47. The lowest BCUT2D eigenvalue weighted by Gasteiger charge is -2.32. The number of aliphatic imine (C=N–C) groups is 1. The fourth-order valence-electron chi connectivity index (χ4n) is 3.84. The molecule has 3 rings (SSSR count). The van der Waals surface area contributed by atoms with Gasteiger partial charge in [0.1, 0.15) is 12.3 Å². The van der Waals surface area contributed by atoms with Crippen molar-refractivity contribution in [1.29, 1.82) is 0 Å². The van der Waals surface area contributed by atoms with Crippen LogP contribution in [0, 0.1) is 0 Å². The number of likely N-dealkylation sites (tertiary alicyclic amines) is 1. The molecule has 2 heterocycles.